The molecule has 0 amide bonds. The van der Waals surface area contributed by atoms with Crippen molar-refractivity contribution in [3.8, 4) is 0 Å². The fourth-order valence-electron chi connectivity index (χ4n) is 2.35. The van der Waals surface area contributed by atoms with E-state index in [4.69, 9.17) is 0 Å². The number of benzene rings is 4. The van der Waals surface area contributed by atoms with Gasteiger partial charge < -0.3 is 18.2 Å². The van der Waals surface area contributed by atoms with Gasteiger partial charge in [-0.3, -0.25) is 0 Å². The second kappa shape index (κ2) is 17.4. The van der Waals surface area contributed by atoms with Crippen molar-refractivity contribution in [2.45, 2.75) is 19.6 Å². The molecule has 0 spiro atoms. The SMILES string of the molecule is O=S(=O)([O-])c1ccccc1.O=S(=O)([O-])c1ccccc1.O=S(=O)([O-])c1ccccc1.O=S(=O)([O-])c1ccccc1.[Pb+4]. The Hall–Kier alpha value is -2.56. The molecule has 0 N–H and O–H groups in total. The molecule has 0 saturated heterocycles. The first kappa shape index (κ1) is 38.4. The summed E-state index contributed by atoms with van der Waals surface area (Å²) in [6, 6.07) is 28.8. The van der Waals surface area contributed by atoms with Crippen LogP contribution < -0.4 is 0 Å². The van der Waals surface area contributed by atoms with E-state index in [0.717, 1.165) is 0 Å². The van der Waals surface area contributed by atoms with E-state index >= 15 is 0 Å². The predicted molar refractivity (Wildman–Crippen MR) is 143 cm³/mol. The van der Waals surface area contributed by atoms with E-state index in [1.807, 2.05) is 0 Å². The Bertz CT molecular complexity index is 1480. The minimum absolute atomic E-state index is 0. The molecule has 41 heavy (non-hydrogen) atoms. The first-order valence-corrected chi connectivity index (χ1v) is 16.1. The summed E-state index contributed by atoms with van der Waals surface area (Å²) >= 11 is 0. The summed E-state index contributed by atoms with van der Waals surface area (Å²) in [7, 11) is -17.0. The van der Waals surface area contributed by atoms with Crippen LogP contribution >= 0.6 is 0 Å². The van der Waals surface area contributed by atoms with Gasteiger partial charge in [0.05, 0.1) is 19.6 Å². The molecule has 0 aromatic heterocycles. The van der Waals surface area contributed by atoms with Crippen LogP contribution in [-0.4, -0.2) is 79.2 Å². The van der Waals surface area contributed by atoms with Gasteiger partial charge in [-0.25, -0.2) is 33.7 Å². The molecule has 216 valence electrons. The van der Waals surface area contributed by atoms with Gasteiger partial charge >= 0.3 is 27.3 Å². The summed E-state index contributed by atoms with van der Waals surface area (Å²) in [4.78, 5) is -0.741. The Kier molecular flexibility index (Phi) is 16.3. The molecule has 0 aliphatic heterocycles. The predicted octanol–water partition coefficient (Wildman–Crippen LogP) is 1.98. The Labute approximate surface area is 258 Å². The number of hydrogen-bond acceptors (Lipinski definition) is 12. The van der Waals surface area contributed by atoms with Gasteiger partial charge in [-0.05, 0) is 48.5 Å². The van der Waals surface area contributed by atoms with Gasteiger partial charge in [0.25, 0.3) is 0 Å². The Balaban J connectivity index is 0.000000516. The fraction of sp³-hybridized carbons (Fsp3) is 0. The molecule has 0 bridgehead atoms. The third-order valence-electron chi connectivity index (χ3n) is 4.13. The van der Waals surface area contributed by atoms with Crippen LogP contribution in [0.1, 0.15) is 0 Å². The summed E-state index contributed by atoms with van der Waals surface area (Å²) in [6.07, 6.45) is 0. The maximum Gasteiger partial charge on any atom is 4.00 e. The summed E-state index contributed by atoms with van der Waals surface area (Å²) < 4.78 is 123. The van der Waals surface area contributed by atoms with E-state index in [9.17, 15) is 51.9 Å². The van der Waals surface area contributed by atoms with Crippen LogP contribution in [0, 0.1) is 0 Å². The van der Waals surface area contributed by atoms with Crippen molar-refractivity contribution in [3.05, 3.63) is 121 Å². The van der Waals surface area contributed by atoms with Crippen LogP contribution in [0.2, 0.25) is 0 Å². The van der Waals surface area contributed by atoms with Crippen LogP contribution in [0.5, 0.6) is 0 Å². The monoisotopic (exact) mass is 836 g/mol. The van der Waals surface area contributed by atoms with Gasteiger partial charge in [0, 0.05) is 0 Å². The second-order valence-corrected chi connectivity index (χ2v) is 12.6. The molecular formula is C24H20O12PbS4. The van der Waals surface area contributed by atoms with E-state index < -0.39 is 40.5 Å². The summed E-state index contributed by atoms with van der Waals surface area (Å²) in [6.45, 7) is 0. The van der Waals surface area contributed by atoms with Gasteiger partial charge in [-0.1, -0.05) is 72.8 Å². The van der Waals surface area contributed by atoms with Crippen molar-refractivity contribution in [3.63, 3.8) is 0 Å². The Morgan fingerprint density at radius 3 is 0.488 bits per heavy atom. The number of hydrogen-bond donors (Lipinski definition) is 0. The molecule has 0 unspecified atom stereocenters. The van der Waals surface area contributed by atoms with Crippen molar-refractivity contribution in [2.24, 2.45) is 0 Å². The van der Waals surface area contributed by atoms with E-state index in [0.29, 0.717) is 0 Å². The third kappa shape index (κ3) is 16.5. The maximum atomic E-state index is 10.3. The quantitative estimate of drug-likeness (QED) is 0.212. The van der Waals surface area contributed by atoms with Gasteiger partial charge in [-0.2, -0.15) is 0 Å². The second-order valence-electron chi connectivity index (χ2n) is 7.07. The minimum Gasteiger partial charge on any atom is -0.744 e. The smallest absolute Gasteiger partial charge is 0.744 e. The molecule has 0 aliphatic rings. The normalized spacial score (nSPS) is 11.0. The molecule has 0 aliphatic carbocycles. The van der Waals surface area contributed by atoms with Crippen molar-refractivity contribution in [2.75, 3.05) is 0 Å². The van der Waals surface area contributed by atoms with Crippen molar-refractivity contribution >= 4 is 67.8 Å². The van der Waals surface area contributed by atoms with Crippen LogP contribution in [0.4, 0.5) is 0 Å². The largest absolute Gasteiger partial charge is 4.00 e. The van der Waals surface area contributed by atoms with Gasteiger partial charge in [0.2, 0.25) is 0 Å². The van der Waals surface area contributed by atoms with Crippen molar-refractivity contribution in [1.82, 2.24) is 0 Å². The van der Waals surface area contributed by atoms with E-state index in [-0.39, 0.29) is 46.9 Å². The molecule has 4 aromatic rings. The molecule has 4 aromatic carbocycles. The zero-order valence-electron chi connectivity index (χ0n) is 20.6. The molecule has 0 atom stereocenters. The Morgan fingerprint density at radius 2 is 0.415 bits per heavy atom. The third-order valence-corrected chi connectivity index (χ3v) is 7.53. The summed E-state index contributed by atoms with van der Waals surface area (Å²) in [5.41, 5.74) is 0. The molecule has 0 radical (unpaired) electrons. The first-order chi connectivity index (χ1) is 18.4. The van der Waals surface area contributed by atoms with Crippen LogP contribution in [-0.2, 0) is 40.5 Å². The molecular weight excluding hydrogens is 816 g/mol. The standard InChI is InChI=1S/4C6H6O3S.Pb/c4*7-10(8,9)6-4-2-1-3-5-6;/h4*1-5H,(H,7,8,9);/q;;;;+4/p-4. The molecule has 0 saturated carbocycles. The molecule has 17 heteroatoms. The molecule has 0 fully saturated rings. The van der Waals surface area contributed by atoms with Gasteiger partial charge in [0.1, 0.15) is 40.5 Å². The maximum absolute atomic E-state index is 10.3. The molecule has 12 nitrogen and oxygen atoms in total. The number of rotatable bonds is 4. The van der Waals surface area contributed by atoms with E-state index in [1.54, 1.807) is 24.3 Å². The minimum atomic E-state index is -4.25. The zero-order chi connectivity index (χ0) is 30.5. The van der Waals surface area contributed by atoms with Crippen molar-refractivity contribution in [1.29, 1.82) is 0 Å². The fourth-order valence-corrected chi connectivity index (χ4v) is 4.31. The average molecular weight is 836 g/mol. The van der Waals surface area contributed by atoms with Gasteiger partial charge in [-0.15, -0.1) is 0 Å². The Morgan fingerprint density at radius 1 is 0.293 bits per heavy atom. The van der Waals surface area contributed by atoms with Crippen LogP contribution in [0.25, 0.3) is 0 Å². The average Bonchev–Trinajstić information content (AvgIpc) is 2.90. The first-order valence-electron chi connectivity index (χ1n) is 10.5. The van der Waals surface area contributed by atoms with E-state index in [1.165, 1.54) is 97.1 Å². The van der Waals surface area contributed by atoms with Gasteiger partial charge in [0.15, 0.2) is 0 Å². The van der Waals surface area contributed by atoms with Crippen LogP contribution in [0.15, 0.2) is 141 Å². The summed E-state index contributed by atoms with van der Waals surface area (Å²) in [5.74, 6) is 0. The molecule has 0 heterocycles. The van der Waals surface area contributed by atoms with Crippen LogP contribution in [0.3, 0.4) is 0 Å². The van der Waals surface area contributed by atoms with Crippen molar-refractivity contribution < 1.29 is 51.9 Å². The topological polar surface area (TPSA) is 229 Å². The van der Waals surface area contributed by atoms with E-state index in [2.05, 4.69) is 0 Å². The summed E-state index contributed by atoms with van der Waals surface area (Å²) in [5, 5.41) is 0. The molecule has 4 rings (SSSR count). The zero-order valence-corrected chi connectivity index (χ0v) is 27.7.